The van der Waals surface area contributed by atoms with Gasteiger partial charge in [-0.25, -0.2) is 4.79 Å². The lowest BCUT2D eigenvalue weighted by Crippen LogP contribution is -2.24. The molecule has 0 amide bonds. The van der Waals surface area contributed by atoms with E-state index in [1.54, 1.807) is 0 Å². The number of carbonyl (C=O) groups is 1. The van der Waals surface area contributed by atoms with Gasteiger partial charge in [-0.3, -0.25) is 0 Å². The molecule has 0 bridgehead atoms. The van der Waals surface area contributed by atoms with Crippen molar-refractivity contribution < 1.29 is 14.3 Å². The molecule has 3 nitrogen and oxygen atoms in total. The Morgan fingerprint density at radius 2 is 2.00 bits per heavy atom. The molecule has 3 rings (SSSR count). The molecule has 0 aromatic heterocycles. The molecule has 0 N–H and O–H groups in total. The molecule has 2 atom stereocenters. The highest BCUT2D eigenvalue weighted by atomic mass is 16.7. The van der Waals surface area contributed by atoms with E-state index in [0.29, 0.717) is 13.2 Å². The van der Waals surface area contributed by atoms with Crippen LogP contribution in [-0.2, 0) is 14.3 Å². The average Bonchev–Trinajstić information content (AvgIpc) is 2.94. The van der Waals surface area contributed by atoms with Crippen LogP contribution in [0.3, 0.4) is 0 Å². The van der Waals surface area contributed by atoms with E-state index in [1.165, 1.54) is 0 Å². The van der Waals surface area contributed by atoms with Gasteiger partial charge in [-0.05, 0) is 5.56 Å². The molecule has 2 aliphatic heterocycles. The molecular formula is C11H10O3. The van der Waals surface area contributed by atoms with Crippen LogP contribution < -0.4 is 0 Å². The number of ether oxygens (including phenoxy) is 2. The Labute approximate surface area is 81.6 Å². The SMILES string of the molecule is O=C1OCC(c2ccccc2)C12CO2. The molecule has 2 aliphatic rings. The molecule has 0 aliphatic carbocycles. The van der Waals surface area contributed by atoms with Crippen LogP contribution in [0.15, 0.2) is 30.3 Å². The second-order valence-corrected chi connectivity index (χ2v) is 3.74. The Morgan fingerprint density at radius 1 is 1.29 bits per heavy atom. The van der Waals surface area contributed by atoms with E-state index in [2.05, 4.69) is 0 Å². The van der Waals surface area contributed by atoms with E-state index in [0.717, 1.165) is 5.56 Å². The summed E-state index contributed by atoms with van der Waals surface area (Å²) in [5, 5.41) is 0. The maximum absolute atomic E-state index is 11.4. The molecule has 3 heteroatoms. The van der Waals surface area contributed by atoms with Gasteiger partial charge in [0.15, 0.2) is 5.60 Å². The van der Waals surface area contributed by atoms with E-state index in [-0.39, 0.29) is 11.9 Å². The summed E-state index contributed by atoms with van der Waals surface area (Å²) in [4.78, 5) is 11.4. The highest BCUT2D eigenvalue weighted by Gasteiger charge is 2.64. The molecule has 0 radical (unpaired) electrons. The first-order valence-corrected chi connectivity index (χ1v) is 4.69. The molecule has 1 aromatic carbocycles. The molecule has 2 saturated heterocycles. The predicted octanol–water partition coefficient (Wildman–Crippen LogP) is 1.10. The summed E-state index contributed by atoms with van der Waals surface area (Å²) in [6.07, 6.45) is 0. The standard InChI is InChI=1S/C11H10O3/c12-10-11(7-14-11)9(6-13-10)8-4-2-1-3-5-8/h1-5,9H,6-7H2. The van der Waals surface area contributed by atoms with E-state index in [1.807, 2.05) is 30.3 Å². The van der Waals surface area contributed by atoms with Crippen LogP contribution >= 0.6 is 0 Å². The van der Waals surface area contributed by atoms with Gasteiger partial charge in [0.1, 0.15) is 6.61 Å². The van der Waals surface area contributed by atoms with Gasteiger partial charge in [0.05, 0.1) is 12.5 Å². The number of esters is 1. The van der Waals surface area contributed by atoms with Gasteiger partial charge < -0.3 is 9.47 Å². The van der Waals surface area contributed by atoms with Crippen LogP contribution in [0.1, 0.15) is 11.5 Å². The summed E-state index contributed by atoms with van der Waals surface area (Å²) in [5.41, 5.74) is 0.484. The van der Waals surface area contributed by atoms with Gasteiger partial charge >= 0.3 is 5.97 Å². The number of carbonyl (C=O) groups excluding carboxylic acids is 1. The molecule has 2 fully saturated rings. The van der Waals surface area contributed by atoms with Crippen molar-refractivity contribution in [2.45, 2.75) is 11.5 Å². The van der Waals surface area contributed by atoms with Gasteiger partial charge in [0, 0.05) is 0 Å². The first-order valence-electron chi connectivity index (χ1n) is 4.69. The lowest BCUT2D eigenvalue weighted by molar-refractivity contribution is -0.142. The summed E-state index contributed by atoms with van der Waals surface area (Å²) in [6, 6.07) is 9.91. The van der Waals surface area contributed by atoms with Crippen molar-refractivity contribution >= 4 is 5.97 Å². The lowest BCUT2D eigenvalue weighted by Gasteiger charge is -2.10. The van der Waals surface area contributed by atoms with E-state index >= 15 is 0 Å². The third kappa shape index (κ3) is 0.930. The van der Waals surface area contributed by atoms with Gasteiger partial charge in [-0.2, -0.15) is 0 Å². The van der Waals surface area contributed by atoms with Gasteiger partial charge in [-0.15, -0.1) is 0 Å². The lowest BCUT2D eigenvalue weighted by atomic mass is 9.89. The second-order valence-electron chi connectivity index (χ2n) is 3.74. The van der Waals surface area contributed by atoms with Crippen molar-refractivity contribution in [1.82, 2.24) is 0 Å². The number of rotatable bonds is 1. The van der Waals surface area contributed by atoms with Crippen LogP contribution in [0.5, 0.6) is 0 Å². The fraction of sp³-hybridized carbons (Fsp3) is 0.364. The van der Waals surface area contributed by atoms with Crippen molar-refractivity contribution in [3.05, 3.63) is 35.9 Å². The summed E-state index contributed by atoms with van der Waals surface area (Å²) in [5.74, 6) is -0.123. The van der Waals surface area contributed by atoms with E-state index in [9.17, 15) is 4.79 Å². The van der Waals surface area contributed by atoms with Crippen LogP contribution in [-0.4, -0.2) is 24.8 Å². The van der Waals surface area contributed by atoms with Crippen molar-refractivity contribution in [1.29, 1.82) is 0 Å². The minimum atomic E-state index is -0.638. The molecule has 1 aromatic rings. The smallest absolute Gasteiger partial charge is 0.341 e. The molecule has 0 saturated carbocycles. The van der Waals surface area contributed by atoms with Crippen molar-refractivity contribution in [3.63, 3.8) is 0 Å². The topological polar surface area (TPSA) is 38.8 Å². The summed E-state index contributed by atoms with van der Waals surface area (Å²) in [7, 11) is 0. The third-order valence-corrected chi connectivity index (χ3v) is 2.95. The minimum absolute atomic E-state index is 0.0798. The largest absolute Gasteiger partial charge is 0.463 e. The zero-order valence-electron chi connectivity index (χ0n) is 7.60. The maximum Gasteiger partial charge on any atom is 0.341 e. The summed E-state index contributed by atoms with van der Waals surface area (Å²) < 4.78 is 10.3. The third-order valence-electron chi connectivity index (χ3n) is 2.95. The molecule has 2 heterocycles. The van der Waals surface area contributed by atoms with Gasteiger partial charge in [0.2, 0.25) is 0 Å². The van der Waals surface area contributed by atoms with E-state index in [4.69, 9.17) is 9.47 Å². The second kappa shape index (κ2) is 2.58. The first-order chi connectivity index (χ1) is 6.83. The zero-order chi connectivity index (χ0) is 9.60. The fourth-order valence-electron chi connectivity index (χ4n) is 2.01. The first kappa shape index (κ1) is 8.00. The Morgan fingerprint density at radius 3 is 2.64 bits per heavy atom. The van der Waals surface area contributed by atoms with Crippen LogP contribution in [0, 0.1) is 0 Å². The molecular weight excluding hydrogens is 180 g/mol. The average molecular weight is 190 g/mol. The number of hydrogen-bond donors (Lipinski definition) is 0. The zero-order valence-corrected chi connectivity index (χ0v) is 7.60. The number of benzene rings is 1. The maximum atomic E-state index is 11.4. The van der Waals surface area contributed by atoms with E-state index < -0.39 is 5.60 Å². The van der Waals surface area contributed by atoms with Crippen molar-refractivity contribution in [2.24, 2.45) is 0 Å². The van der Waals surface area contributed by atoms with Crippen LogP contribution in [0.4, 0.5) is 0 Å². The highest BCUT2D eigenvalue weighted by molar-refractivity contribution is 5.86. The molecule has 2 unspecified atom stereocenters. The molecule has 14 heavy (non-hydrogen) atoms. The fourth-order valence-corrected chi connectivity index (χ4v) is 2.01. The summed E-state index contributed by atoms with van der Waals surface area (Å²) in [6.45, 7) is 0.953. The Bertz CT molecular complexity index is 367. The molecule has 72 valence electrons. The minimum Gasteiger partial charge on any atom is -0.463 e. The van der Waals surface area contributed by atoms with Crippen molar-refractivity contribution in [3.8, 4) is 0 Å². The molecule has 1 spiro atoms. The van der Waals surface area contributed by atoms with Gasteiger partial charge in [-0.1, -0.05) is 30.3 Å². The Balaban J connectivity index is 1.97. The number of epoxide rings is 1. The Kier molecular flexibility index (Phi) is 1.47. The highest BCUT2D eigenvalue weighted by Crippen LogP contribution is 2.46. The van der Waals surface area contributed by atoms with Crippen LogP contribution in [0.25, 0.3) is 0 Å². The monoisotopic (exact) mass is 190 g/mol. The Hall–Kier alpha value is -1.35. The van der Waals surface area contributed by atoms with Crippen molar-refractivity contribution in [2.75, 3.05) is 13.2 Å². The number of hydrogen-bond acceptors (Lipinski definition) is 3. The van der Waals surface area contributed by atoms with Crippen LogP contribution in [0.2, 0.25) is 0 Å². The normalized spacial score (nSPS) is 34.6. The summed E-state index contributed by atoms with van der Waals surface area (Å²) >= 11 is 0. The number of cyclic esters (lactones) is 1. The van der Waals surface area contributed by atoms with Gasteiger partial charge in [0.25, 0.3) is 0 Å². The predicted molar refractivity (Wildman–Crippen MR) is 48.8 cm³/mol. The quantitative estimate of drug-likeness (QED) is 0.491.